The first-order chi connectivity index (χ1) is 14.6. The number of carbonyl (C=O) groups excluding carboxylic acids is 2. The predicted octanol–water partition coefficient (Wildman–Crippen LogP) is 5.02. The minimum atomic E-state index is -0.258. The molecule has 7 heteroatoms. The van der Waals surface area contributed by atoms with Crippen LogP contribution in [0, 0.1) is 0 Å². The van der Waals surface area contributed by atoms with E-state index in [4.69, 9.17) is 16.0 Å². The van der Waals surface area contributed by atoms with Crippen LogP contribution in [0.4, 0.5) is 0 Å². The Hall–Kier alpha value is -2.57. The van der Waals surface area contributed by atoms with Crippen molar-refractivity contribution < 1.29 is 14.0 Å². The molecule has 1 atom stereocenters. The highest BCUT2D eigenvalue weighted by Crippen LogP contribution is 2.38. The Morgan fingerprint density at radius 3 is 2.73 bits per heavy atom. The number of amides is 2. The van der Waals surface area contributed by atoms with Gasteiger partial charge in [-0.05, 0) is 59.7 Å². The van der Waals surface area contributed by atoms with Gasteiger partial charge in [-0.3, -0.25) is 9.59 Å². The summed E-state index contributed by atoms with van der Waals surface area (Å²) in [4.78, 5) is 31.0. The molecule has 4 rings (SSSR count). The van der Waals surface area contributed by atoms with Gasteiger partial charge in [-0.1, -0.05) is 30.7 Å². The molecule has 0 fully saturated rings. The smallest absolute Gasteiger partial charge is 0.290 e. The Kier molecular flexibility index (Phi) is 6.25. The Balaban J connectivity index is 1.61. The van der Waals surface area contributed by atoms with E-state index in [1.54, 1.807) is 28.4 Å². The molecule has 30 heavy (non-hydrogen) atoms. The zero-order chi connectivity index (χ0) is 21.1. The van der Waals surface area contributed by atoms with Crippen molar-refractivity contribution in [3.05, 3.63) is 80.9 Å². The molecule has 0 spiro atoms. The summed E-state index contributed by atoms with van der Waals surface area (Å²) in [6.07, 6.45) is 3.05. The topological polar surface area (TPSA) is 53.8 Å². The summed E-state index contributed by atoms with van der Waals surface area (Å²) in [5, 5.41) is 2.74. The molecule has 156 valence electrons. The number of rotatable bonds is 6. The number of hydrogen-bond donors (Lipinski definition) is 0. The van der Waals surface area contributed by atoms with Crippen molar-refractivity contribution >= 4 is 34.8 Å². The van der Waals surface area contributed by atoms with E-state index in [2.05, 4.69) is 11.4 Å². The summed E-state index contributed by atoms with van der Waals surface area (Å²) in [7, 11) is 0. The first-order valence-electron chi connectivity index (χ1n) is 10.0. The van der Waals surface area contributed by atoms with Crippen LogP contribution in [0.25, 0.3) is 0 Å². The fourth-order valence-electron chi connectivity index (χ4n) is 3.92. The molecule has 2 amide bonds. The molecule has 1 aliphatic rings. The van der Waals surface area contributed by atoms with Crippen molar-refractivity contribution in [2.75, 3.05) is 19.6 Å². The number of nitrogens with zero attached hydrogens (tertiary/aromatic N) is 2. The van der Waals surface area contributed by atoms with Crippen LogP contribution in [0.2, 0.25) is 5.02 Å². The molecule has 0 bridgehead atoms. The highest BCUT2D eigenvalue weighted by Gasteiger charge is 2.34. The molecule has 0 N–H and O–H groups in total. The number of furan rings is 1. The van der Waals surface area contributed by atoms with E-state index in [1.807, 2.05) is 36.1 Å². The van der Waals surface area contributed by atoms with Gasteiger partial charge in [0.1, 0.15) is 6.54 Å². The lowest BCUT2D eigenvalue weighted by Gasteiger charge is -2.37. The van der Waals surface area contributed by atoms with Gasteiger partial charge in [0.05, 0.1) is 12.3 Å². The summed E-state index contributed by atoms with van der Waals surface area (Å²) in [6.45, 7) is 3.13. The van der Waals surface area contributed by atoms with Gasteiger partial charge in [0.25, 0.3) is 5.91 Å². The Labute approximate surface area is 184 Å². The maximum atomic E-state index is 13.4. The molecular weight excluding hydrogens is 420 g/mol. The lowest BCUT2D eigenvalue weighted by Crippen LogP contribution is -2.47. The third kappa shape index (κ3) is 4.16. The number of thiophene rings is 1. The minimum absolute atomic E-state index is 0.0247. The second-order valence-corrected chi connectivity index (χ2v) is 8.73. The lowest BCUT2D eigenvalue weighted by molar-refractivity contribution is -0.134. The third-order valence-electron chi connectivity index (χ3n) is 5.31. The maximum Gasteiger partial charge on any atom is 0.290 e. The molecular formula is C23H23ClN2O3S. The predicted molar refractivity (Wildman–Crippen MR) is 118 cm³/mol. The van der Waals surface area contributed by atoms with Gasteiger partial charge in [-0.15, -0.1) is 11.3 Å². The van der Waals surface area contributed by atoms with Crippen LogP contribution in [0.15, 0.2) is 58.5 Å². The zero-order valence-electron chi connectivity index (χ0n) is 16.7. The highest BCUT2D eigenvalue weighted by molar-refractivity contribution is 7.10. The van der Waals surface area contributed by atoms with Gasteiger partial charge in [0.15, 0.2) is 5.76 Å². The lowest BCUT2D eigenvalue weighted by atomic mass is 9.93. The van der Waals surface area contributed by atoms with Gasteiger partial charge in [-0.25, -0.2) is 0 Å². The molecule has 0 saturated carbocycles. The van der Waals surface area contributed by atoms with E-state index in [0.29, 0.717) is 18.1 Å². The summed E-state index contributed by atoms with van der Waals surface area (Å²) in [6, 6.07) is 12.9. The van der Waals surface area contributed by atoms with Crippen molar-refractivity contribution in [2.45, 2.75) is 25.8 Å². The van der Waals surface area contributed by atoms with Crippen molar-refractivity contribution in [2.24, 2.45) is 0 Å². The van der Waals surface area contributed by atoms with Crippen LogP contribution in [0.5, 0.6) is 0 Å². The van der Waals surface area contributed by atoms with Crippen LogP contribution >= 0.6 is 22.9 Å². The largest absolute Gasteiger partial charge is 0.459 e. The van der Waals surface area contributed by atoms with Gasteiger partial charge in [0.2, 0.25) is 5.91 Å². The fraction of sp³-hybridized carbons (Fsp3) is 0.304. The van der Waals surface area contributed by atoms with E-state index in [9.17, 15) is 9.59 Å². The highest BCUT2D eigenvalue weighted by atomic mass is 35.5. The summed E-state index contributed by atoms with van der Waals surface area (Å²) >= 11 is 7.81. The third-order valence-corrected chi connectivity index (χ3v) is 6.56. The maximum absolute atomic E-state index is 13.4. The Morgan fingerprint density at radius 2 is 2.03 bits per heavy atom. The summed E-state index contributed by atoms with van der Waals surface area (Å²) < 4.78 is 5.26. The summed E-state index contributed by atoms with van der Waals surface area (Å²) in [5.41, 5.74) is 2.17. The van der Waals surface area contributed by atoms with Gasteiger partial charge < -0.3 is 14.2 Å². The summed E-state index contributed by atoms with van der Waals surface area (Å²) in [5.74, 6) is -0.0732. The van der Waals surface area contributed by atoms with Crippen molar-refractivity contribution in [3.63, 3.8) is 0 Å². The Morgan fingerprint density at radius 1 is 1.23 bits per heavy atom. The van der Waals surface area contributed by atoms with E-state index < -0.39 is 0 Å². The molecule has 1 aromatic carbocycles. The molecule has 0 saturated heterocycles. The minimum Gasteiger partial charge on any atom is -0.459 e. The zero-order valence-corrected chi connectivity index (χ0v) is 18.3. The average Bonchev–Trinajstić information content (AvgIpc) is 3.44. The van der Waals surface area contributed by atoms with Gasteiger partial charge >= 0.3 is 0 Å². The van der Waals surface area contributed by atoms with Crippen LogP contribution in [0.3, 0.4) is 0 Å². The van der Waals surface area contributed by atoms with E-state index >= 15 is 0 Å². The number of benzene rings is 1. The fourth-order valence-corrected chi connectivity index (χ4v) is 4.95. The average molecular weight is 443 g/mol. The molecule has 1 unspecified atom stereocenters. The van der Waals surface area contributed by atoms with Crippen LogP contribution < -0.4 is 0 Å². The van der Waals surface area contributed by atoms with E-state index in [1.165, 1.54) is 11.1 Å². The molecule has 3 heterocycles. The molecule has 3 aromatic rings. The van der Waals surface area contributed by atoms with E-state index in [-0.39, 0.29) is 30.2 Å². The van der Waals surface area contributed by atoms with Crippen LogP contribution in [0.1, 0.15) is 45.9 Å². The normalized spacial score (nSPS) is 15.7. The quantitative estimate of drug-likeness (QED) is 0.538. The molecule has 0 radical (unpaired) electrons. The van der Waals surface area contributed by atoms with Gasteiger partial charge in [-0.2, -0.15) is 0 Å². The molecule has 1 aliphatic heterocycles. The number of hydrogen-bond acceptors (Lipinski definition) is 4. The first kappa shape index (κ1) is 20.7. The first-order valence-corrected chi connectivity index (χ1v) is 11.3. The van der Waals surface area contributed by atoms with Gasteiger partial charge in [0, 0.05) is 23.0 Å². The SMILES string of the molecule is CCCN(CC(=O)N1CCc2sccc2C1c1ccc(Cl)cc1)C(=O)c1ccco1. The number of fused-ring (bicyclic) bond motifs is 1. The molecule has 2 aromatic heterocycles. The van der Waals surface area contributed by atoms with Crippen LogP contribution in [-0.2, 0) is 11.2 Å². The Bertz CT molecular complexity index is 1010. The van der Waals surface area contributed by atoms with Crippen molar-refractivity contribution in [1.82, 2.24) is 9.80 Å². The molecule has 5 nitrogen and oxygen atoms in total. The second kappa shape index (κ2) is 9.06. The van der Waals surface area contributed by atoms with Crippen molar-refractivity contribution in [1.29, 1.82) is 0 Å². The number of halogens is 1. The monoisotopic (exact) mass is 442 g/mol. The van der Waals surface area contributed by atoms with E-state index in [0.717, 1.165) is 24.0 Å². The number of carbonyl (C=O) groups is 2. The second-order valence-electron chi connectivity index (χ2n) is 7.29. The standard InChI is InChI=1S/C23H23ClN2O3S/c1-2-11-25(23(28)19-4-3-13-29-19)15-21(27)26-12-9-20-18(10-14-30-20)22(26)16-5-7-17(24)8-6-16/h3-8,10,13-14,22H,2,9,11-12,15H2,1H3. The molecule has 0 aliphatic carbocycles. The van der Waals surface area contributed by atoms with Crippen LogP contribution in [-0.4, -0.2) is 41.2 Å². The van der Waals surface area contributed by atoms with Crippen molar-refractivity contribution in [3.8, 4) is 0 Å².